The minimum atomic E-state index is -3.14. The van der Waals surface area contributed by atoms with Crippen LogP contribution in [-0.4, -0.2) is 19.9 Å². The molecular formula is C8H9BrCl2O2S2. The van der Waals surface area contributed by atoms with Gasteiger partial charge in [0.05, 0.1) is 10.6 Å². The molecule has 15 heavy (non-hydrogen) atoms. The molecule has 7 heteroatoms. The number of alkyl halides is 1. The molecule has 0 aliphatic rings. The van der Waals surface area contributed by atoms with E-state index in [-0.39, 0.29) is 0 Å². The summed E-state index contributed by atoms with van der Waals surface area (Å²) in [4.78, 5) is 0.756. The Labute approximate surface area is 112 Å². The lowest BCUT2D eigenvalue weighted by atomic mass is 10.3. The van der Waals surface area contributed by atoms with Crippen molar-refractivity contribution in [3.8, 4) is 0 Å². The van der Waals surface area contributed by atoms with Crippen molar-refractivity contribution in [2.75, 3.05) is 6.26 Å². The third-order valence-corrected chi connectivity index (χ3v) is 7.10. The zero-order valence-corrected chi connectivity index (χ0v) is 12.7. The molecule has 0 N–H and O–H groups in total. The number of hydrogen-bond acceptors (Lipinski definition) is 3. The quantitative estimate of drug-likeness (QED) is 0.774. The van der Waals surface area contributed by atoms with Crippen LogP contribution in [0.2, 0.25) is 4.34 Å². The van der Waals surface area contributed by atoms with Gasteiger partial charge >= 0.3 is 0 Å². The minimum Gasteiger partial charge on any atom is -0.229 e. The largest absolute Gasteiger partial charge is 0.229 e. The highest BCUT2D eigenvalue weighted by atomic mass is 79.9. The maximum absolute atomic E-state index is 11.3. The third-order valence-electron chi connectivity index (χ3n) is 2.02. The number of thiophene rings is 1. The molecule has 0 aliphatic heterocycles. The van der Waals surface area contributed by atoms with Crippen molar-refractivity contribution in [1.29, 1.82) is 0 Å². The van der Waals surface area contributed by atoms with Gasteiger partial charge in [0.15, 0.2) is 9.84 Å². The van der Waals surface area contributed by atoms with Gasteiger partial charge in [0.25, 0.3) is 0 Å². The molecule has 0 amide bonds. The van der Waals surface area contributed by atoms with Gasteiger partial charge < -0.3 is 0 Å². The summed E-state index contributed by atoms with van der Waals surface area (Å²) in [5.74, 6) is 0. The van der Waals surface area contributed by atoms with E-state index in [1.165, 1.54) is 17.6 Å². The minimum absolute atomic E-state index is 0.561. The molecule has 1 aromatic rings. The Balaban J connectivity index is 3.00. The van der Waals surface area contributed by atoms with E-state index in [0.717, 1.165) is 9.35 Å². The highest BCUT2D eigenvalue weighted by Crippen LogP contribution is 2.39. The standard InChI is InChI=1S/C8H9BrCl2O2S2/c1-4(15(2,12)13)7(10)6-3-5(9)8(11)14-6/h3-4,7H,1-2H3. The van der Waals surface area contributed by atoms with E-state index >= 15 is 0 Å². The Bertz CT molecular complexity index is 436. The van der Waals surface area contributed by atoms with Gasteiger partial charge in [-0.3, -0.25) is 0 Å². The first-order valence-electron chi connectivity index (χ1n) is 4.01. The van der Waals surface area contributed by atoms with Crippen molar-refractivity contribution in [3.63, 3.8) is 0 Å². The molecular weight excluding hydrogens is 343 g/mol. The lowest BCUT2D eigenvalue weighted by Gasteiger charge is -2.14. The van der Waals surface area contributed by atoms with Gasteiger partial charge in [-0.25, -0.2) is 8.42 Å². The average molecular weight is 352 g/mol. The highest BCUT2D eigenvalue weighted by Gasteiger charge is 2.27. The molecule has 86 valence electrons. The van der Waals surface area contributed by atoms with Crippen molar-refractivity contribution < 1.29 is 8.42 Å². The van der Waals surface area contributed by atoms with Crippen molar-refractivity contribution >= 4 is 60.3 Å². The molecule has 1 rings (SSSR count). The molecule has 2 nitrogen and oxygen atoms in total. The maximum atomic E-state index is 11.3. The predicted octanol–water partition coefficient (Wildman–Crippen LogP) is 3.88. The molecule has 1 aromatic heterocycles. The van der Waals surface area contributed by atoms with E-state index in [9.17, 15) is 8.42 Å². The summed E-state index contributed by atoms with van der Waals surface area (Å²) < 4.78 is 24.0. The number of halogens is 3. The molecule has 2 unspecified atom stereocenters. The summed E-state index contributed by atoms with van der Waals surface area (Å²) in [5, 5.41) is -1.19. The molecule has 0 radical (unpaired) electrons. The van der Waals surface area contributed by atoms with E-state index in [2.05, 4.69) is 15.9 Å². The van der Waals surface area contributed by atoms with Gasteiger partial charge in [-0.2, -0.15) is 0 Å². The van der Waals surface area contributed by atoms with Crippen molar-refractivity contribution in [2.45, 2.75) is 17.6 Å². The van der Waals surface area contributed by atoms with Gasteiger partial charge in [-0.1, -0.05) is 11.6 Å². The van der Waals surface area contributed by atoms with Gasteiger partial charge in [-0.05, 0) is 28.9 Å². The van der Waals surface area contributed by atoms with Crippen LogP contribution in [0.4, 0.5) is 0 Å². The average Bonchev–Trinajstić information content (AvgIpc) is 2.43. The summed E-state index contributed by atoms with van der Waals surface area (Å²) >= 11 is 16.5. The van der Waals surface area contributed by atoms with Crippen molar-refractivity contribution in [1.82, 2.24) is 0 Å². The summed E-state index contributed by atoms with van der Waals surface area (Å²) in [6.07, 6.45) is 1.18. The van der Waals surface area contributed by atoms with Gasteiger partial charge in [0, 0.05) is 15.6 Å². The van der Waals surface area contributed by atoms with E-state index in [1.54, 1.807) is 13.0 Å². The fraction of sp³-hybridized carbons (Fsp3) is 0.500. The molecule has 0 aromatic carbocycles. The molecule has 0 aliphatic carbocycles. The van der Waals surface area contributed by atoms with E-state index < -0.39 is 20.5 Å². The second-order valence-electron chi connectivity index (χ2n) is 3.21. The van der Waals surface area contributed by atoms with Crippen LogP contribution in [-0.2, 0) is 9.84 Å². The number of rotatable bonds is 3. The Morgan fingerprint density at radius 2 is 2.07 bits per heavy atom. The smallest absolute Gasteiger partial charge is 0.151 e. The summed E-state index contributed by atoms with van der Waals surface area (Å²) in [7, 11) is -3.14. The van der Waals surface area contributed by atoms with Crippen LogP contribution < -0.4 is 0 Å². The van der Waals surface area contributed by atoms with Crippen LogP contribution in [0.25, 0.3) is 0 Å². The van der Waals surface area contributed by atoms with Crippen LogP contribution in [0.3, 0.4) is 0 Å². The predicted molar refractivity (Wildman–Crippen MR) is 69.9 cm³/mol. The maximum Gasteiger partial charge on any atom is 0.151 e. The Morgan fingerprint density at radius 1 is 1.53 bits per heavy atom. The van der Waals surface area contributed by atoms with E-state index in [0.29, 0.717) is 4.34 Å². The summed E-state index contributed by atoms with van der Waals surface area (Å²) in [5.41, 5.74) is 0. The van der Waals surface area contributed by atoms with E-state index in [4.69, 9.17) is 23.2 Å². The Kier molecular flexibility index (Phi) is 4.52. The van der Waals surface area contributed by atoms with E-state index in [1.807, 2.05) is 0 Å². The third kappa shape index (κ3) is 3.33. The molecule has 2 atom stereocenters. The number of sulfone groups is 1. The first kappa shape index (κ1) is 13.8. The SMILES string of the molecule is CC(C(Cl)c1cc(Br)c(Cl)s1)S(C)(=O)=O. The summed E-state index contributed by atoms with van der Waals surface area (Å²) in [6, 6.07) is 1.76. The fourth-order valence-electron chi connectivity index (χ4n) is 0.948. The van der Waals surface area contributed by atoms with Crippen LogP contribution in [0, 0.1) is 0 Å². The first-order valence-corrected chi connectivity index (χ1v) is 8.39. The van der Waals surface area contributed by atoms with Crippen molar-refractivity contribution in [3.05, 3.63) is 19.8 Å². The second kappa shape index (κ2) is 4.92. The Morgan fingerprint density at radius 3 is 2.40 bits per heavy atom. The zero-order chi connectivity index (χ0) is 11.8. The van der Waals surface area contributed by atoms with Crippen LogP contribution in [0.15, 0.2) is 10.5 Å². The fourth-order valence-corrected chi connectivity index (χ4v) is 4.19. The highest BCUT2D eigenvalue weighted by molar-refractivity contribution is 9.10. The molecule has 0 bridgehead atoms. The number of hydrogen-bond donors (Lipinski definition) is 0. The molecule has 0 saturated heterocycles. The van der Waals surface area contributed by atoms with Crippen LogP contribution in [0.5, 0.6) is 0 Å². The van der Waals surface area contributed by atoms with Gasteiger partial charge in [0.1, 0.15) is 4.34 Å². The normalized spacial score (nSPS) is 16.3. The Hall–Kier alpha value is 0.710. The topological polar surface area (TPSA) is 34.1 Å². The lowest BCUT2D eigenvalue weighted by Crippen LogP contribution is -2.20. The van der Waals surface area contributed by atoms with Crippen LogP contribution in [0.1, 0.15) is 17.2 Å². The van der Waals surface area contributed by atoms with Crippen molar-refractivity contribution in [2.24, 2.45) is 0 Å². The summed E-state index contributed by atoms with van der Waals surface area (Å²) in [6.45, 7) is 1.59. The van der Waals surface area contributed by atoms with Gasteiger partial charge in [-0.15, -0.1) is 22.9 Å². The van der Waals surface area contributed by atoms with Crippen LogP contribution >= 0.6 is 50.5 Å². The molecule has 0 saturated carbocycles. The lowest BCUT2D eigenvalue weighted by molar-refractivity contribution is 0.587. The molecule has 0 fully saturated rings. The molecule has 1 heterocycles. The zero-order valence-electron chi connectivity index (χ0n) is 8.00. The van der Waals surface area contributed by atoms with Gasteiger partial charge in [0.2, 0.25) is 0 Å². The monoisotopic (exact) mass is 350 g/mol. The second-order valence-corrected chi connectivity index (χ2v) is 8.62. The first-order chi connectivity index (χ1) is 6.73. The molecule has 0 spiro atoms.